The monoisotopic (exact) mass is 1330 g/mol. The first-order valence-electron chi connectivity index (χ1n) is 35.9. The Morgan fingerprint density at radius 3 is 0.851 bits per heavy atom. The van der Waals surface area contributed by atoms with Crippen molar-refractivity contribution in [1.29, 1.82) is 0 Å². The SMILES string of the molecule is CC(C)(C)c1ccc(N([Si](C)(C)C)[Si](C)(C)C)cc1.CC(C)(C)c1ccc(N2C(C)(C)CCCC2(C)C)cc1.CC(C)(C)c1ccc(N2CCN(c3ccccc3)CC2)cc1.CN(c1ccc(C(C)(C)C)cc1)[Si](C)(C)C.CN1CCN(c2ccc(C(C)(C)C)cc2)CC1. The quantitative estimate of drug-likeness (QED) is 0.133. The first-order valence-corrected chi connectivity index (χ1v) is 46.2. The van der Waals surface area contributed by atoms with Gasteiger partial charge in [-0.3, -0.25) is 0 Å². The van der Waals surface area contributed by atoms with Gasteiger partial charge in [0.1, 0.15) is 24.7 Å². The molecule has 0 spiro atoms. The molecule has 6 aromatic carbocycles. The van der Waals surface area contributed by atoms with Gasteiger partial charge in [-0.25, -0.2) is 0 Å². The van der Waals surface area contributed by atoms with Crippen molar-refractivity contribution in [3.63, 3.8) is 0 Å². The molecule has 0 bridgehead atoms. The molecule has 0 unspecified atom stereocenters. The van der Waals surface area contributed by atoms with Crippen LogP contribution in [-0.2, 0) is 27.1 Å². The summed E-state index contributed by atoms with van der Waals surface area (Å²) in [5, 5.41) is 0. The van der Waals surface area contributed by atoms with E-state index >= 15 is 0 Å². The standard InChI is InChI=1S/C20H26N2.C19H31N.C16H31NSi2.C15H24N2.C14H25NSi/c1-20(2,3)17-9-11-19(12-10-17)22-15-13-21(14-16-22)18-7-5-4-6-8-18;1-17(2,3)15-9-11-16(12-10-15)20-18(4,5)13-8-14-19(20,6)7;1-16(2,3)14-10-12-15(13-11-14)17(18(4,5)6)19(7,8)9;1-15(2,3)13-5-7-14(8-6-13)17-11-9-16(4)10-12-17;1-14(2,3)12-8-10-13(11-9-12)15(4)16(5,6)7/h4-12H,13-16H2,1-3H3;9-12H,8,13-14H2,1-7H3;10-13H,1-9H3;5-8H,9-12H2,1-4H3;8-11H,1-7H3. The van der Waals surface area contributed by atoms with Crippen molar-refractivity contribution in [3.8, 4) is 0 Å². The number of rotatable bonds is 9. The number of nitrogens with zero attached hydrogens (tertiary/aromatic N) is 7. The fourth-order valence-electron chi connectivity index (χ4n) is 13.5. The highest BCUT2D eigenvalue weighted by atomic mass is 28.4. The molecule has 6 aromatic rings. The van der Waals surface area contributed by atoms with Crippen molar-refractivity contribution in [3.05, 3.63) is 179 Å². The number of hydrogen-bond acceptors (Lipinski definition) is 7. The molecule has 520 valence electrons. The van der Waals surface area contributed by atoms with E-state index in [0.717, 1.165) is 39.3 Å². The van der Waals surface area contributed by atoms with E-state index < -0.39 is 24.7 Å². The van der Waals surface area contributed by atoms with Gasteiger partial charge in [-0.1, -0.05) is 242 Å². The third-order valence-corrected chi connectivity index (χ3v) is 28.8. The predicted molar refractivity (Wildman–Crippen MR) is 432 cm³/mol. The Morgan fingerprint density at radius 2 is 0.574 bits per heavy atom. The lowest BCUT2D eigenvalue weighted by Gasteiger charge is -2.54. The van der Waals surface area contributed by atoms with Gasteiger partial charge in [0.2, 0.25) is 0 Å². The van der Waals surface area contributed by atoms with Crippen LogP contribution >= 0.6 is 0 Å². The summed E-state index contributed by atoms with van der Waals surface area (Å²) in [6.45, 7) is 74.3. The first kappa shape index (κ1) is 79.4. The number of piperazine rings is 2. The third kappa shape index (κ3) is 23.5. The summed E-state index contributed by atoms with van der Waals surface area (Å²) >= 11 is 0. The Morgan fingerprint density at radius 1 is 0.319 bits per heavy atom. The minimum absolute atomic E-state index is 0.227. The van der Waals surface area contributed by atoms with Gasteiger partial charge in [-0.05, 0) is 189 Å². The van der Waals surface area contributed by atoms with Gasteiger partial charge in [-0.2, -0.15) is 0 Å². The highest BCUT2D eigenvalue weighted by molar-refractivity contribution is 6.99. The molecule has 3 saturated heterocycles. The summed E-state index contributed by atoms with van der Waals surface area (Å²) in [6.07, 6.45) is 3.88. The Labute approximate surface area is 582 Å². The van der Waals surface area contributed by atoms with E-state index in [0.29, 0.717) is 0 Å². The number of benzene rings is 6. The van der Waals surface area contributed by atoms with E-state index in [1.165, 1.54) is 94.3 Å². The summed E-state index contributed by atoms with van der Waals surface area (Å²) in [6, 6.07) is 56.4. The normalized spacial score (nSPS) is 16.6. The smallest absolute Gasteiger partial charge is 0.147 e. The van der Waals surface area contributed by atoms with Crippen LogP contribution in [0.2, 0.25) is 58.9 Å². The Kier molecular flexibility index (Phi) is 26.6. The fraction of sp³-hybridized carbons (Fsp3) is 0.571. The largest absolute Gasteiger partial charge is 0.425 e. The molecule has 3 fully saturated rings. The third-order valence-electron chi connectivity index (χ3n) is 19.3. The molecule has 0 aromatic heterocycles. The second-order valence-electron chi connectivity index (χ2n) is 36.8. The van der Waals surface area contributed by atoms with Gasteiger partial charge < -0.3 is 33.3 Å². The van der Waals surface area contributed by atoms with Gasteiger partial charge in [0.25, 0.3) is 0 Å². The van der Waals surface area contributed by atoms with Crippen molar-refractivity contribution >= 4 is 58.8 Å². The lowest BCUT2D eigenvalue weighted by molar-refractivity contribution is 0.244. The second kappa shape index (κ2) is 31.5. The topological polar surface area (TPSA) is 22.7 Å². The van der Waals surface area contributed by atoms with Crippen LogP contribution < -0.4 is 28.4 Å². The van der Waals surface area contributed by atoms with Crippen molar-refractivity contribution in [2.75, 3.05) is 94.8 Å². The molecule has 3 heterocycles. The lowest BCUT2D eigenvalue weighted by Crippen LogP contribution is -2.59. The van der Waals surface area contributed by atoms with Crippen LogP contribution in [0.15, 0.2) is 152 Å². The molecule has 3 aliphatic heterocycles. The van der Waals surface area contributed by atoms with Crippen molar-refractivity contribution in [1.82, 2.24) is 4.90 Å². The Bertz CT molecular complexity index is 3140. The molecule has 0 N–H and O–H groups in total. The molecule has 0 amide bonds. The second-order valence-corrected chi connectivity index (χ2v) is 51.8. The van der Waals surface area contributed by atoms with E-state index in [1.807, 2.05) is 0 Å². The number of hydrogen-bond donors (Lipinski definition) is 0. The fourth-order valence-corrected chi connectivity index (χ4v) is 24.4. The highest BCUT2D eigenvalue weighted by Gasteiger charge is 2.41. The minimum atomic E-state index is -1.33. The van der Waals surface area contributed by atoms with Gasteiger partial charge in [-0.15, -0.1) is 0 Å². The van der Waals surface area contributed by atoms with Gasteiger partial charge >= 0.3 is 0 Å². The Hall–Kier alpha value is -5.27. The van der Waals surface area contributed by atoms with Crippen LogP contribution in [0.3, 0.4) is 0 Å². The molecule has 0 radical (unpaired) electrons. The van der Waals surface area contributed by atoms with Crippen LogP contribution in [0.5, 0.6) is 0 Å². The Balaban J connectivity index is 0.000000214. The number of para-hydroxylation sites is 1. The van der Waals surface area contributed by atoms with E-state index in [-0.39, 0.29) is 38.2 Å². The molecule has 10 heteroatoms. The van der Waals surface area contributed by atoms with Crippen LogP contribution in [0.25, 0.3) is 0 Å². The number of likely N-dealkylation sites (N-methyl/N-ethyl adjacent to an activating group) is 1. The van der Waals surface area contributed by atoms with Gasteiger partial charge in [0.15, 0.2) is 0 Å². The maximum atomic E-state index is 2.77. The molecular formula is C84H137N7Si3. The van der Waals surface area contributed by atoms with E-state index in [1.54, 1.807) is 0 Å². The summed E-state index contributed by atoms with van der Waals surface area (Å²) in [7, 11) is 0.508. The van der Waals surface area contributed by atoms with Crippen molar-refractivity contribution < 1.29 is 0 Å². The zero-order valence-electron chi connectivity index (χ0n) is 65.8. The average Bonchev–Trinajstić information content (AvgIpc) is 0.772. The van der Waals surface area contributed by atoms with Gasteiger partial charge in [0, 0.05) is 97.6 Å². The summed E-state index contributed by atoms with van der Waals surface area (Å²) in [5.41, 5.74) is 16.9. The minimum Gasteiger partial charge on any atom is -0.425 e. The van der Waals surface area contributed by atoms with Gasteiger partial charge in [0.05, 0.1) is 0 Å². The molecule has 0 atom stereocenters. The zero-order valence-corrected chi connectivity index (χ0v) is 68.8. The molecule has 0 aliphatic carbocycles. The summed E-state index contributed by atoms with van der Waals surface area (Å²) in [5.74, 6) is 0. The molecule has 0 saturated carbocycles. The highest BCUT2D eigenvalue weighted by Crippen LogP contribution is 2.43. The van der Waals surface area contributed by atoms with Crippen molar-refractivity contribution in [2.24, 2.45) is 0 Å². The van der Waals surface area contributed by atoms with E-state index in [2.05, 4.69) is 390 Å². The maximum Gasteiger partial charge on any atom is 0.147 e. The van der Waals surface area contributed by atoms with Crippen LogP contribution in [0.1, 0.15) is 179 Å². The number of piperidine rings is 1. The predicted octanol–water partition coefficient (Wildman–Crippen LogP) is 22.3. The zero-order chi connectivity index (χ0) is 70.8. The molecular weight excluding hydrogens is 1190 g/mol. The van der Waals surface area contributed by atoms with Crippen LogP contribution in [0.4, 0.5) is 34.1 Å². The van der Waals surface area contributed by atoms with E-state index in [4.69, 9.17) is 0 Å². The van der Waals surface area contributed by atoms with Crippen LogP contribution in [-0.4, -0.2) is 107 Å². The molecule has 94 heavy (non-hydrogen) atoms. The maximum absolute atomic E-state index is 2.77. The van der Waals surface area contributed by atoms with Crippen molar-refractivity contribution in [2.45, 2.75) is 248 Å². The number of anilines is 6. The van der Waals surface area contributed by atoms with Crippen LogP contribution in [0, 0.1) is 0 Å². The lowest BCUT2D eigenvalue weighted by atomic mass is 9.79. The average molecular weight is 1330 g/mol. The first-order chi connectivity index (χ1) is 43.0. The summed E-state index contributed by atoms with van der Waals surface area (Å²) < 4.78 is 5.21. The summed E-state index contributed by atoms with van der Waals surface area (Å²) in [4.78, 5) is 12.5. The molecule has 3 aliphatic rings. The molecule has 7 nitrogen and oxygen atoms in total. The van der Waals surface area contributed by atoms with E-state index in [9.17, 15) is 0 Å². The molecule has 9 rings (SSSR count).